The number of aliphatic carboxylic acids is 1. The van der Waals surface area contributed by atoms with Gasteiger partial charge < -0.3 is 10.4 Å². The van der Waals surface area contributed by atoms with Gasteiger partial charge in [-0.2, -0.15) is 0 Å². The summed E-state index contributed by atoms with van der Waals surface area (Å²) in [5.74, 6) is -1.11. The van der Waals surface area contributed by atoms with Crippen LogP contribution >= 0.6 is 22.6 Å². The van der Waals surface area contributed by atoms with Crippen molar-refractivity contribution in [3.8, 4) is 0 Å². The first-order valence-electron chi connectivity index (χ1n) is 6.88. The Balaban J connectivity index is 2.89. The Hall–Kier alpha value is -1.11. The lowest BCUT2D eigenvalue weighted by atomic mass is 9.87. The van der Waals surface area contributed by atoms with Crippen molar-refractivity contribution in [2.45, 2.75) is 46.6 Å². The molecule has 0 aliphatic carbocycles. The van der Waals surface area contributed by atoms with E-state index >= 15 is 0 Å². The molecule has 4 nitrogen and oxygen atoms in total. The lowest BCUT2D eigenvalue weighted by Crippen LogP contribution is -2.39. The number of nitrogens with one attached hydrogen (secondary N) is 1. The van der Waals surface area contributed by atoms with Gasteiger partial charge in [-0.05, 0) is 53.0 Å². The Morgan fingerprint density at radius 2 is 1.95 bits per heavy atom. The minimum absolute atomic E-state index is 0.0485. The van der Waals surface area contributed by atoms with Crippen molar-refractivity contribution < 1.29 is 14.7 Å². The van der Waals surface area contributed by atoms with Crippen LogP contribution in [0.1, 0.15) is 49.5 Å². The van der Waals surface area contributed by atoms with Gasteiger partial charge in [-0.15, -0.1) is 0 Å². The first-order valence-corrected chi connectivity index (χ1v) is 7.96. The molecule has 1 aromatic rings. The quantitative estimate of drug-likeness (QED) is 0.739. The summed E-state index contributed by atoms with van der Waals surface area (Å²) in [5.41, 5.74) is 1.58. The summed E-state index contributed by atoms with van der Waals surface area (Å²) in [5, 5.41) is 11.9. The van der Waals surface area contributed by atoms with Gasteiger partial charge in [-0.25, -0.2) is 0 Å². The molecule has 0 saturated carbocycles. The highest BCUT2D eigenvalue weighted by atomic mass is 127. The summed E-state index contributed by atoms with van der Waals surface area (Å²) in [7, 11) is 0. The molecule has 0 fully saturated rings. The van der Waals surface area contributed by atoms with E-state index < -0.39 is 5.97 Å². The second-order valence-electron chi connectivity index (χ2n) is 6.47. The number of hydrogen-bond donors (Lipinski definition) is 2. The zero-order chi connectivity index (χ0) is 16.2. The molecule has 0 bridgehead atoms. The van der Waals surface area contributed by atoms with E-state index in [0.29, 0.717) is 12.0 Å². The summed E-state index contributed by atoms with van der Waals surface area (Å²) in [6.45, 7) is 8.04. The number of rotatable bonds is 5. The highest BCUT2D eigenvalue weighted by Crippen LogP contribution is 2.23. The third-order valence-corrected chi connectivity index (χ3v) is 4.48. The van der Waals surface area contributed by atoms with Crippen LogP contribution in [0.4, 0.5) is 0 Å². The van der Waals surface area contributed by atoms with E-state index in [1.54, 1.807) is 6.07 Å². The molecule has 2 N–H and O–H groups in total. The molecule has 5 heteroatoms. The van der Waals surface area contributed by atoms with E-state index in [9.17, 15) is 9.59 Å². The first-order chi connectivity index (χ1) is 9.60. The normalized spacial score (nSPS) is 12.8. The van der Waals surface area contributed by atoms with E-state index in [0.717, 1.165) is 9.13 Å². The topological polar surface area (TPSA) is 66.4 Å². The maximum absolute atomic E-state index is 12.4. The standard InChI is InChI=1S/C16H22INO3/c1-10-6-5-7-12(14(10)17)15(21)18-11(8-13(19)20)9-16(2,3)4/h5-7,11H,8-9H2,1-4H3,(H,18,21)(H,19,20). The van der Waals surface area contributed by atoms with Crippen molar-refractivity contribution in [2.75, 3.05) is 0 Å². The van der Waals surface area contributed by atoms with Crippen molar-refractivity contribution in [3.05, 3.63) is 32.9 Å². The number of carbonyl (C=O) groups is 2. The van der Waals surface area contributed by atoms with E-state index in [4.69, 9.17) is 5.11 Å². The highest BCUT2D eigenvalue weighted by Gasteiger charge is 2.24. The number of halogens is 1. The molecule has 116 valence electrons. The van der Waals surface area contributed by atoms with Crippen LogP contribution in [0, 0.1) is 15.9 Å². The Bertz CT molecular complexity index is 535. The second kappa shape index (κ2) is 7.24. The second-order valence-corrected chi connectivity index (χ2v) is 7.55. The average Bonchev–Trinajstić information content (AvgIpc) is 2.29. The average molecular weight is 403 g/mol. The van der Waals surface area contributed by atoms with Gasteiger partial charge in [0.15, 0.2) is 0 Å². The Morgan fingerprint density at radius 1 is 1.33 bits per heavy atom. The number of carbonyl (C=O) groups excluding carboxylic acids is 1. The molecule has 0 aliphatic rings. The van der Waals surface area contributed by atoms with Crippen molar-refractivity contribution in [1.29, 1.82) is 0 Å². The fourth-order valence-corrected chi connectivity index (χ4v) is 2.81. The SMILES string of the molecule is Cc1cccc(C(=O)NC(CC(=O)O)CC(C)(C)C)c1I. The minimum Gasteiger partial charge on any atom is -0.481 e. The van der Waals surface area contributed by atoms with Crippen LogP contribution in [-0.2, 0) is 4.79 Å². The van der Waals surface area contributed by atoms with E-state index in [2.05, 4.69) is 27.9 Å². The number of carboxylic acids is 1. The number of aryl methyl sites for hydroxylation is 1. The van der Waals surface area contributed by atoms with Crippen LogP contribution in [0.2, 0.25) is 0 Å². The lowest BCUT2D eigenvalue weighted by Gasteiger charge is -2.26. The fourth-order valence-electron chi connectivity index (χ4n) is 2.21. The molecule has 0 saturated heterocycles. The maximum Gasteiger partial charge on any atom is 0.305 e. The van der Waals surface area contributed by atoms with Gasteiger partial charge in [-0.3, -0.25) is 9.59 Å². The summed E-state index contributed by atoms with van der Waals surface area (Å²) in [4.78, 5) is 23.4. The molecule has 0 aliphatic heterocycles. The third-order valence-electron chi connectivity index (χ3n) is 3.05. The highest BCUT2D eigenvalue weighted by molar-refractivity contribution is 14.1. The van der Waals surface area contributed by atoms with Crippen molar-refractivity contribution >= 4 is 34.5 Å². The molecule has 0 heterocycles. The van der Waals surface area contributed by atoms with Gasteiger partial charge in [0.1, 0.15) is 0 Å². The summed E-state index contributed by atoms with van der Waals surface area (Å²) < 4.78 is 0.900. The molecular weight excluding hydrogens is 381 g/mol. The van der Waals surface area contributed by atoms with Crippen molar-refractivity contribution in [3.63, 3.8) is 0 Å². The Labute approximate surface area is 139 Å². The van der Waals surface area contributed by atoms with Gasteiger partial charge >= 0.3 is 5.97 Å². The monoisotopic (exact) mass is 403 g/mol. The molecule has 1 aromatic carbocycles. The minimum atomic E-state index is -0.900. The van der Waals surface area contributed by atoms with Crippen LogP contribution in [-0.4, -0.2) is 23.0 Å². The van der Waals surface area contributed by atoms with Crippen LogP contribution in [0.25, 0.3) is 0 Å². The fraction of sp³-hybridized carbons (Fsp3) is 0.500. The molecule has 1 atom stereocenters. The summed E-state index contributed by atoms with van der Waals surface area (Å²) in [6, 6.07) is 5.18. The van der Waals surface area contributed by atoms with Gasteiger partial charge in [0.25, 0.3) is 5.91 Å². The summed E-state index contributed by atoms with van der Waals surface area (Å²) in [6.07, 6.45) is 0.554. The molecule has 1 amide bonds. The predicted molar refractivity (Wildman–Crippen MR) is 91.5 cm³/mol. The van der Waals surface area contributed by atoms with Crippen molar-refractivity contribution in [1.82, 2.24) is 5.32 Å². The summed E-state index contributed by atoms with van der Waals surface area (Å²) >= 11 is 2.14. The van der Waals surface area contributed by atoms with Gasteiger partial charge in [0.2, 0.25) is 0 Å². The van der Waals surface area contributed by atoms with Gasteiger partial charge in [0, 0.05) is 9.61 Å². The first kappa shape index (κ1) is 17.9. The van der Waals surface area contributed by atoms with E-state index in [1.165, 1.54) is 0 Å². The molecule has 21 heavy (non-hydrogen) atoms. The van der Waals surface area contributed by atoms with Crippen LogP contribution in [0.5, 0.6) is 0 Å². The maximum atomic E-state index is 12.4. The lowest BCUT2D eigenvalue weighted by molar-refractivity contribution is -0.137. The van der Waals surface area contributed by atoms with E-state index in [1.807, 2.05) is 39.8 Å². The number of carboxylic acid groups (broad SMARTS) is 1. The smallest absolute Gasteiger partial charge is 0.305 e. The van der Waals surface area contributed by atoms with E-state index in [-0.39, 0.29) is 23.8 Å². The molecule has 1 unspecified atom stereocenters. The largest absolute Gasteiger partial charge is 0.481 e. The Kier molecular flexibility index (Phi) is 6.19. The van der Waals surface area contributed by atoms with Crippen LogP contribution in [0.15, 0.2) is 18.2 Å². The van der Waals surface area contributed by atoms with Gasteiger partial charge in [-0.1, -0.05) is 32.9 Å². The number of hydrogen-bond acceptors (Lipinski definition) is 2. The van der Waals surface area contributed by atoms with Gasteiger partial charge in [0.05, 0.1) is 12.0 Å². The molecule has 1 rings (SSSR count). The molecule has 0 radical (unpaired) electrons. The Morgan fingerprint density at radius 3 is 2.48 bits per heavy atom. The van der Waals surface area contributed by atoms with Crippen LogP contribution < -0.4 is 5.32 Å². The molecular formula is C16H22INO3. The molecule has 0 aromatic heterocycles. The van der Waals surface area contributed by atoms with Crippen LogP contribution in [0.3, 0.4) is 0 Å². The zero-order valence-corrected chi connectivity index (χ0v) is 15.0. The van der Waals surface area contributed by atoms with Crippen molar-refractivity contribution in [2.24, 2.45) is 5.41 Å². The zero-order valence-electron chi connectivity index (χ0n) is 12.9. The molecule has 0 spiro atoms. The predicted octanol–water partition coefficient (Wildman–Crippen LogP) is 3.61. The number of amides is 1. The number of benzene rings is 1. The third kappa shape index (κ3) is 6.03.